The molecule has 100 valence electrons. The summed E-state index contributed by atoms with van der Waals surface area (Å²) in [6.07, 6.45) is 3.10. The van der Waals surface area contributed by atoms with Crippen LogP contribution in [0.25, 0.3) is 0 Å². The summed E-state index contributed by atoms with van der Waals surface area (Å²) >= 11 is 0. The average molecular weight is 271 g/mol. The molecule has 0 fully saturated rings. The summed E-state index contributed by atoms with van der Waals surface area (Å²) < 4.78 is 6.02. The lowest BCUT2D eigenvalue weighted by atomic mass is 10.2. The lowest BCUT2D eigenvalue weighted by Crippen LogP contribution is -2.37. The molecule has 0 aliphatic carbocycles. The number of hydrogen-bond donors (Lipinski definition) is 0. The molecule has 0 aromatic rings. The van der Waals surface area contributed by atoms with Gasteiger partial charge in [-0.25, -0.2) is 0 Å². The number of hydrogen-bond acceptors (Lipinski definition) is 1. The maximum absolute atomic E-state index is 6.02. The largest absolute Gasteiger partial charge is 0.501 e. The van der Waals surface area contributed by atoms with Crippen molar-refractivity contribution in [3.63, 3.8) is 0 Å². The van der Waals surface area contributed by atoms with Gasteiger partial charge in [0.2, 0.25) is 0 Å². The van der Waals surface area contributed by atoms with Crippen LogP contribution in [0.4, 0.5) is 0 Å². The lowest BCUT2D eigenvalue weighted by Gasteiger charge is -2.31. The van der Waals surface area contributed by atoms with E-state index in [0.717, 1.165) is 0 Å². The van der Waals surface area contributed by atoms with Gasteiger partial charge in [0.1, 0.15) is 8.07 Å². The van der Waals surface area contributed by atoms with Gasteiger partial charge in [0.15, 0.2) is 0 Å². The van der Waals surface area contributed by atoms with Crippen LogP contribution in [0.3, 0.4) is 0 Å². The summed E-state index contributed by atoms with van der Waals surface area (Å²) in [6, 6.07) is 3.52. The van der Waals surface area contributed by atoms with Crippen molar-refractivity contribution in [1.82, 2.24) is 0 Å². The normalized spacial score (nSPS) is 12.9. The maximum atomic E-state index is 6.02. The van der Waals surface area contributed by atoms with Crippen molar-refractivity contribution in [3.8, 4) is 11.7 Å². The van der Waals surface area contributed by atoms with Gasteiger partial charge in [0.25, 0.3) is 8.32 Å². The average Bonchev–Trinajstić information content (AvgIpc) is 2.23. The SMILES string of the molecule is CC[Si](CC)(CC)OC#C[Si](C)(C)C(C)(C)C. The highest BCUT2D eigenvalue weighted by molar-refractivity contribution is 6.87. The second kappa shape index (κ2) is 6.11. The molecule has 0 saturated heterocycles. The molecule has 0 saturated carbocycles. The smallest absolute Gasteiger partial charge is 0.264 e. The summed E-state index contributed by atoms with van der Waals surface area (Å²) in [6.45, 7) is 18.3. The van der Waals surface area contributed by atoms with E-state index < -0.39 is 16.4 Å². The van der Waals surface area contributed by atoms with E-state index in [1.807, 2.05) is 0 Å². The van der Waals surface area contributed by atoms with Crippen LogP contribution in [0.2, 0.25) is 36.3 Å². The van der Waals surface area contributed by atoms with Gasteiger partial charge in [0.05, 0.1) is 6.11 Å². The van der Waals surface area contributed by atoms with Crippen molar-refractivity contribution in [3.05, 3.63) is 0 Å². The Balaban J connectivity index is 4.78. The van der Waals surface area contributed by atoms with Crippen LogP contribution in [0, 0.1) is 11.7 Å². The van der Waals surface area contributed by atoms with Crippen molar-refractivity contribution < 1.29 is 4.43 Å². The molecule has 0 amide bonds. The van der Waals surface area contributed by atoms with Gasteiger partial charge in [0, 0.05) is 0 Å². The Kier molecular flexibility index (Phi) is 6.03. The van der Waals surface area contributed by atoms with Gasteiger partial charge in [-0.3, -0.25) is 0 Å². The van der Waals surface area contributed by atoms with Crippen molar-refractivity contribution in [1.29, 1.82) is 0 Å². The lowest BCUT2D eigenvalue weighted by molar-refractivity contribution is 0.495. The fourth-order valence-electron chi connectivity index (χ4n) is 1.42. The van der Waals surface area contributed by atoms with E-state index in [1.165, 1.54) is 18.1 Å². The monoisotopic (exact) mass is 270 g/mol. The minimum absolute atomic E-state index is 0.318. The molecule has 0 rings (SSSR count). The van der Waals surface area contributed by atoms with Gasteiger partial charge in [-0.1, -0.05) is 60.2 Å². The third-order valence-corrected chi connectivity index (χ3v) is 13.3. The van der Waals surface area contributed by atoms with Crippen molar-refractivity contribution in [2.45, 2.75) is 77.8 Å². The second-order valence-corrected chi connectivity index (χ2v) is 16.1. The molecule has 0 aliphatic rings. The second-order valence-electron chi connectivity index (χ2n) is 6.45. The zero-order valence-electron chi connectivity index (χ0n) is 13.0. The van der Waals surface area contributed by atoms with Crippen LogP contribution in [0.5, 0.6) is 0 Å². The molecule has 0 heterocycles. The molecule has 0 radical (unpaired) electrons. The maximum Gasteiger partial charge on any atom is 0.264 e. The molecule has 0 atom stereocenters. The molecule has 1 nitrogen and oxygen atoms in total. The third-order valence-electron chi connectivity index (χ3n) is 4.44. The van der Waals surface area contributed by atoms with E-state index in [2.05, 4.69) is 66.3 Å². The highest BCUT2D eigenvalue weighted by Crippen LogP contribution is 2.35. The van der Waals surface area contributed by atoms with Crippen molar-refractivity contribution >= 4 is 16.4 Å². The van der Waals surface area contributed by atoms with Crippen LogP contribution in [-0.2, 0) is 4.43 Å². The first kappa shape index (κ1) is 16.8. The first-order chi connectivity index (χ1) is 7.64. The number of rotatable bonds is 4. The quantitative estimate of drug-likeness (QED) is 0.515. The van der Waals surface area contributed by atoms with E-state index >= 15 is 0 Å². The van der Waals surface area contributed by atoms with Crippen LogP contribution in [0.1, 0.15) is 41.5 Å². The Bertz CT molecular complexity index is 279. The van der Waals surface area contributed by atoms with Gasteiger partial charge >= 0.3 is 0 Å². The summed E-state index contributed by atoms with van der Waals surface area (Å²) in [5.74, 6) is 0. The highest BCUT2D eigenvalue weighted by atomic mass is 28.4. The summed E-state index contributed by atoms with van der Waals surface area (Å²) in [7, 11) is -3.03. The van der Waals surface area contributed by atoms with Crippen LogP contribution >= 0.6 is 0 Å². The molecule has 3 heteroatoms. The highest BCUT2D eigenvalue weighted by Gasteiger charge is 2.35. The molecular weight excluding hydrogens is 240 g/mol. The Morgan fingerprint density at radius 2 is 1.35 bits per heavy atom. The first-order valence-electron chi connectivity index (χ1n) is 6.84. The third kappa shape index (κ3) is 4.52. The van der Waals surface area contributed by atoms with E-state index in [-0.39, 0.29) is 0 Å². The summed E-state index contributed by atoms with van der Waals surface area (Å²) in [4.78, 5) is 0. The van der Waals surface area contributed by atoms with Crippen molar-refractivity contribution in [2.24, 2.45) is 0 Å². The molecule has 0 bridgehead atoms. The molecule has 0 N–H and O–H groups in total. The summed E-state index contributed by atoms with van der Waals surface area (Å²) in [5.41, 5.74) is 3.46. The van der Waals surface area contributed by atoms with E-state index in [1.54, 1.807) is 0 Å². The van der Waals surface area contributed by atoms with Crippen LogP contribution < -0.4 is 0 Å². The predicted molar refractivity (Wildman–Crippen MR) is 83.3 cm³/mol. The topological polar surface area (TPSA) is 9.23 Å². The molecule has 0 unspecified atom stereocenters. The zero-order valence-corrected chi connectivity index (χ0v) is 15.0. The minimum Gasteiger partial charge on any atom is -0.501 e. The molecule has 0 spiro atoms. The van der Waals surface area contributed by atoms with E-state index in [0.29, 0.717) is 5.04 Å². The van der Waals surface area contributed by atoms with Crippen LogP contribution in [0.15, 0.2) is 0 Å². The Morgan fingerprint density at radius 1 is 0.941 bits per heavy atom. The molecule has 0 aliphatic heterocycles. The Labute approximate surface area is 110 Å². The van der Waals surface area contributed by atoms with Gasteiger partial charge in [-0.15, -0.1) is 0 Å². The predicted octanol–water partition coefficient (Wildman–Crippen LogP) is 5.02. The van der Waals surface area contributed by atoms with Crippen molar-refractivity contribution in [2.75, 3.05) is 0 Å². The van der Waals surface area contributed by atoms with Gasteiger partial charge in [-0.2, -0.15) is 0 Å². The Morgan fingerprint density at radius 3 is 1.65 bits per heavy atom. The summed E-state index contributed by atoms with van der Waals surface area (Å²) in [5, 5.41) is 0.318. The van der Waals surface area contributed by atoms with E-state index in [4.69, 9.17) is 4.43 Å². The minimum atomic E-state index is -1.53. The van der Waals surface area contributed by atoms with Gasteiger partial charge < -0.3 is 4.43 Å². The molecular formula is C14H30OSi2. The molecule has 17 heavy (non-hydrogen) atoms. The molecule has 0 aromatic heterocycles. The van der Waals surface area contributed by atoms with E-state index in [9.17, 15) is 0 Å². The standard InChI is InChI=1S/C14H30OSi2/c1-9-17(10-2,11-3)15-12-13-16(7,8)14(4,5)6/h9-11H2,1-8H3. The Hall–Kier alpha value is -0.206. The first-order valence-corrected chi connectivity index (χ1v) is 12.4. The molecule has 0 aromatic carbocycles. The van der Waals surface area contributed by atoms with Crippen LogP contribution in [-0.4, -0.2) is 16.4 Å². The zero-order chi connectivity index (χ0) is 13.7. The fourth-order valence-corrected chi connectivity index (χ4v) is 4.40. The fraction of sp³-hybridized carbons (Fsp3) is 0.857. The van der Waals surface area contributed by atoms with Gasteiger partial charge in [-0.05, 0) is 23.2 Å².